The fraction of sp³-hybridized carbons (Fsp3) is 0.409. The average molecular weight is 433 g/mol. The number of carbonyl (C=O) groups is 1. The predicted molar refractivity (Wildman–Crippen MR) is 116 cm³/mol. The number of aryl methyl sites for hydroxylation is 1. The maximum Gasteiger partial charge on any atom is 0.265 e. The van der Waals surface area contributed by atoms with Crippen LogP contribution < -0.4 is 14.8 Å². The minimum atomic E-state index is -3.61. The van der Waals surface area contributed by atoms with Crippen LogP contribution in [0.4, 0.5) is 5.69 Å². The van der Waals surface area contributed by atoms with Gasteiger partial charge in [-0.1, -0.05) is 19.1 Å². The zero-order valence-corrected chi connectivity index (χ0v) is 18.4. The van der Waals surface area contributed by atoms with Crippen LogP contribution >= 0.6 is 0 Å². The summed E-state index contributed by atoms with van der Waals surface area (Å²) in [6.07, 6.45) is 1.43. The van der Waals surface area contributed by atoms with Gasteiger partial charge in [0.05, 0.1) is 17.7 Å². The van der Waals surface area contributed by atoms with Gasteiger partial charge in [-0.3, -0.25) is 4.79 Å². The van der Waals surface area contributed by atoms with Crippen LogP contribution in [0.15, 0.2) is 47.4 Å². The third-order valence-electron chi connectivity index (χ3n) is 5.06. The minimum absolute atomic E-state index is 0.133. The molecule has 0 radical (unpaired) electrons. The summed E-state index contributed by atoms with van der Waals surface area (Å²) in [4.78, 5) is 13.0. The van der Waals surface area contributed by atoms with Gasteiger partial charge in [0.25, 0.3) is 5.91 Å². The Morgan fingerprint density at radius 2 is 1.90 bits per heavy atom. The van der Waals surface area contributed by atoms with Crippen molar-refractivity contribution < 1.29 is 22.7 Å². The van der Waals surface area contributed by atoms with Crippen molar-refractivity contribution in [3.05, 3.63) is 48.0 Å². The second kappa shape index (κ2) is 9.49. The molecule has 3 rings (SSSR count). The van der Waals surface area contributed by atoms with E-state index in [2.05, 4.69) is 5.32 Å². The number of benzene rings is 2. The highest BCUT2D eigenvalue weighted by Crippen LogP contribution is 2.30. The van der Waals surface area contributed by atoms with Gasteiger partial charge in [0.15, 0.2) is 6.10 Å². The molecule has 0 spiro atoms. The van der Waals surface area contributed by atoms with Crippen molar-refractivity contribution >= 4 is 21.6 Å². The number of amides is 1. The van der Waals surface area contributed by atoms with Gasteiger partial charge < -0.3 is 14.8 Å². The monoisotopic (exact) mass is 432 g/mol. The van der Waals surface area contributed by atoms with Crippen molar-refractivity contribution in [1.29, 1.82) is 0 Å². The first-order chi connectivity index (χ1) is 14.3. The highest BCUT2D eigenvalue weighted by atomic mass is 32.2. The van der Waals surface area contributed by atoms with Crippen molar-refractivity contribution in [3.8, 4) is 11.5 Å². The molecule has 0 saturated carbocycles. The van der Waals surface area contributed by atoms with Gasteiger partial charge in [-0.2, -0.15) is 4.31 Å². The van der Waals surface area contributed by atoms with Crippen molar-refractivity contribution in [3.63, 3.8) is 0 Å². The number of anilines is 1. The summed E-state index contributed by atoms with van der Waals surface area (Å²) in [5, 5.41) is 2.78. The molecule has 1 aliphatic heterocycles. The summed E-state index contributed by atoms with van der Waals surface area (Å²) in [5.41, 5.74) is 1.33. The van der Waals surface area contributed by atoms with E-state index in [4.69, 9.17) is 9.47 Å². The predicted octanol–water partition coefficient (Wildman–Crippen LogP) is 3.58. The van der Waals surface area contributed by atoms with Crippen LogP contribution in [0.3, 0.4) is 0 Å². The lowest BCUT2D eigenvalue weighted by Gasteiger charge is -2.20. The molecular weight excluding hydrogens is 404 g/mol. The highest BCUT2D eigenvalue weighted by molar-refractivity contribution is 7.89. The lowest BCUT2D eigenvalue weighted by molar-refractivity contribution is -0.122. The lowest BCUT2D eigenvalue weighted by atomic mass is 10.2. The lowest BCUT2D eigenvalue weighted by Crippen LogP contribution is -2.32. The van der Waals surface area contributed by atoms with E-state index in [9.17, 15) is 13.2 Å². The van der Waals surface area contributed by atoms with E-state index in [1.54, 1.807) is 12.1 Å². The maximum atomic E-state index is 12.9. The topological polar surface area (TPSA) is 84.9 Å². The summed E-state index contributed by atoms with van der Waals surface area (Å²) in [7, 11) is -2.13. The molecule has 7 nitrogen and oxygen atoms in total. The third kappa shape index (κ3) is 4.94. The zero-order chi connectivity index (χ0) is 21.7. The number of sulfonamides is 1. The third-order valence-corrected chi connectivity index (χ3v) is 6.96. The molecular formula is C22H28N2O5S. The van der Waals surface area contributed by atoms with Gasteiger partial charge >= 0.3 is 0 Å². The molecule has 2 aromatic rings. The van der Waals surface area contributed by atoms with Crippen LogP contribution in [-0.2, 0) is 14.8 Å². The molecule has 0 bridgehead atoms. The molecule has 1 aliphatic rings. The zero-order valence-electron chi connectivity index (χ0n) is 17.6. The molecule has 1 N–H and O–H groups in total. The average Bonchev–Trinajstić information content (AvgIpc) is 3.27. The number of carbonyl (C=O) groups excluding carboxylic acids is 1. The largest absolute Gasteiger partial charge is 0.495 e. The standard InChI is InChI=1S/C22H28N2O5S/c1-4-20(29-17-9-7-8-16(2)14-17)22(25)23-19-15-18(10-11-21(19)28-3)30(26,27)24-12-5-6-13-24/h7-11,14-15,20H,4-6,12-13H2,1-3H3,(H,23,25). The Balaban J connectivity index is 1.82. The molecule has 162 valence electrons. The summed E-state index contributed by atoms with van der Waals surface area (Å²) in [6, 6.07) is 12.0. The van der Waals surface area contributed by atoms with Gasteiger partial charge in [0.1, 0.15) is 11.5 Å². The Kier molecular flexibility index (Phi) is 6.99. The van der Waals surface area contributed by atoms with Crippen LogP contribution in [0, 0.1) is 6.92 Å². The van der Waals surface area contributed by atoms with Crippen LogP contribution in [0.5, 0.6) is 11.5 Å². The van der Waals surface area contributed by atoms with Gasteiger partial charge in [0, 0.05) is 13.1 Å². The molecule has 1 saturated heterocycles. The van der Waals surface area contributed by atoms with E-state index in [0.717, 1.165) is 18.4 Å². The van der Waals surface area contributed by atoms with Crippen LogP contribution in [-0.4, -0.2) is 44.9 Å². The van der Waals surface area contributed by atoms with Crippen LogP contribution in [0.25, 0.3) is 0 Å². The molecule has 1 fully saturated rings. The molecule has 1 amide bonds. The first kappa shape index (κ1) is 22.1. The van der Waals surface area contributed by atoms with Crippen molar-refractivity contribution in [2.75, 3.05) is 25.5 Å². The molecule has 8 heteroatoms. The SMILES string of the molecule is CCC(Oc1cccc(C)c1)C(=O)Nc1cc(S(=O)(=O)N2CCCC2)ccc1OC. The Morgan fingerprint density at radius 1 is 1.17 bits per heavy atom. The van der Waals surface area contributed by atoms with E-state index in [0.29, 0.717) is 36.7 Å². The quantitative estimate of drug-likeness (QED) is 0.689. The van der Waals surface area contributed by atoms with Crippen LogP contribution in [0.2, 0.25) is 0 Å². The first-order valence-corrected chi connectivity index (χ1v) is 11.5. The van der Waals surface area contributed by atoms with Crippen molar-refractivity contribution in [1.82, 2.24) is 4.31 Å². The fourth-order valence-electron chi connectivity index (χ4n) is 3.41. The number of hydrogen-bond acceptors (Lipinski definition) is 5. The highest BCUT2D eigenvalue weighted by Gasteiger charge is 2.28. The number of rotatable bonds is 8. The summed E-state index contributed by atoms with van der Waals surface area (Å²) in [5.74, 6) is 0.622. The van der Waals surface area contributed by atoms with Gasteiger partial charge in [-0.25, -0.2) is 8.42 Å². The minimum Gasteiger partial charge on any atom is -0.495 e. The van der Waals surface area contributed by atoms with Crippen molar-refractivity contribution in [2.24, 2.45) is 0 Å². The Hall–Kier alpha value is -2.58. The number of nitrogens with one attached hydrogen (secondary N) is 1. The summed E-state index contributed by atoms with van der Waals surface area (Å²) < 4.78 is 38.4. The molecule has 30 heavy (non-hydrogen) atoms. The van der Waals surface area contributed by atoms with E-state index in [-0.39, 0.29) is 10.8 Å². The molecule has 0 aromatic heterocycles. The number of nitrogens with zero attached hydrogens (tertiary/aromatic N) is 1. The molecule has 1 heterocycles. The number of ether oxygens (including phenoxy) is 2. The number of hydrogen-bond donors (Lipinski definition) is 1. The first-order valence-electron chi connectivity index (χ1n) is 10.1. The number of methoxy groups -OCH3 is 1. The normalized spacial score (nSPS) is 15.6. The van der Waals surface area contributed by atoms with E-state index in [1.807, 2.05) is 32.0 Å². The Morgan fingerprint density at radius 3 is 2.53 bits per heavy atom. The molecule has 0 aliphatic carbocycles. The summed E-state index contributed by atoms with van der Waals surface area (Å²) >= 11 is 0. The van der Waals surface area contributed by atoms with Crippen molar-refractivity contribution in [2.45, 2.75) is 44.1 Å². The van der Waals surface area contributed by atoms with Gasteiger partial charge in [0.2, 0.25) is 10.0 Å². The van der Waals surface area contributed by atoms with Gasteiger partial charge in [-0.05, 0) is 62.1 Å². The van der Waals surface area contributed by atoms with Crippen LogP contribution in [0.1, 0.15) is 31.7 Å². The molecule has 2 aromatic carbocycles. The maximum absolute atomic E-state index is 12.9. The van der Waals surface area contributed by atoms with E-state index < -0.39 is 16.1 Å². The fourth-order valence-corrected chi connectivity index (χ4v) is 4.96. The second-order valence-electron chi connectivity index (χ2n) is 7.29. The van der Waals surface area contributed by atoms with E-state index in [1.165, 1.54) is 23.5 Å². The van der Waals surface area contributed by atoms with E-state index >= 15 is 0 Å². The summed E-state index contributed by atoms with van der Waals surface area (Å²) in [6.45, 7) is 4.83. The molecule has 1 atom stereocenters. The molecule has 1 unspecified atom stereocenters. The second-order valence-corrected chi connectivity index (χ2v) is 9.23. The smallest absolute Gasteiger partial charge is 0.265 e. The van der Waals surface area contributed by atoms with Gasteiger partial charge in [-0.15, -0.1) is 0 Å². The Labute approximate surface area is 178 Å². The Bertz CT molecular complexity index is 1000.